The van der Waals surface area contributed by atoms with Gasteiger partial charge in [-0.2, -0.15) is 5.10 Å². The van der Waals surface area contributed by atoms with Gasteiger partial charge in [0.1, 0.15) is 6.54 Å². The molecule has 9 heteroatoms. The molecule has 3 aromatic carbocycles. The Morgan fingerprint density at radius 1 is 1.06 bits per heavy atom. The van der Waals surface area contributed by atoms with E-state index in [4.69, 9.17) is 11.6 Å². The van der Waals surface area contributed by atoms with Gasteiger partial charge in [0, 0.05) is 9.50 Å². The summed E-state index contributed by atoms with van der Waals surface area (Å²) < 4.78 is 28.8. The van der Waals surface area contributed by atoms with Gasteiger partial charge in [-0.3, -0.25) is 9.10 Å². The van der Waals surface area contributed by atoms with Crippen LogP contribution in [0, 0.1) is 13.8 Å². The van der Waals surface area contributed by atoms with Gasteiger partial charge in [-0.05, 0) is 61.4 Å². The van der Waals surface area contributed by atoms with Crippen LogP contribution in [0.5, 0.6) is 0 Å². The van der Waals surface area contributed by atoms with Crippen LogP contribution in [0.15, 0.2) is 81.2 Å². The van der Waals surface area contributed by atoms with Crippen LogP contribution in [0.25, 0.3) is 0 Å². The van der Waals surface area contributed by atoms with Gasteiger partial charge in [-0.15, -0.1) is 0 Å². The summed E-state index contributed by atoms with van der Waals surface area (Å²) in [7, 11) is -4.03. The first-order valence-corrected chi connectivity index (χ1v) is 12.2. The fourth-order valence-corrected chi connectivity index (χ4v) is 4.81. The minimum absolute atomic E-state index is 0.0774. The van der Waals surface area contributed by atoms with Crippen molar-refractivity contribution in [1.82, 2.24) is 5.43 Å². The number of halogens is 2. The lowest BCUT2D eigenvalue weighted by Crippen LogP contribution is -2.40. The Balaban J connectivity index is 1.89. The third kappa shape index (κ3) is 5.76. The van der Waals surface area contributed by atoms with Gasteiger partial charge in [0.2, 0.25) is 0 Å². The van der Waals surface area contributed by atoms with Crippen molar-refractivity contribution < 1.29 is 13.2 Å². The Morgan fingerprint density at radius 3 is 2.38 bits per heavy atom. The smallest absolute Gasteiger partial charge is 0.264 e. The molecule has 1 amide bonds. The van der Waals surface area contributed by atoms with E-state index in [1.165, 1.54) is 18.3 Å². The number of rotatable bonds is 7. The summed E-state index contributed by atoms with van der Waals surface area (Å²) in [5.41, 5.74) is 4.97. The van der Waals surface area contributed by atoms with Crippen molar-refractivity contribution in [2.45, 2.75) is 18.7 Å². The largest absolute Gasteiger partial charge is 0.271 e. The lowest BCUT2D eigenvalue weighted by Gasteiger charge is -2.25. The molecular weight excluding hydrogens is 514 g/mol. The molecule has 0 spiro atoms. The van der Waals surface area contributed by atoms with E-state index in [-0.39, 0.29) is 4.90 Å². The lowest BCUT2D eigenvalue weighted by atomic mass is 10.2. The van der Waals surface area contributed by atoms with E-state index >= 15 is 0 Å². The number of nitrogens with zero attached hydrogens (tertiary/aromatic N) is 2. The zero-order valence-electron chi connectivity index (χ0n) is 17.4. The Kier molecular flexibility index (Phi) is 7.71. The van der Waals surface area contributed by atoms with E-state index in [0.717, 1.165) is 19.9 Å². The number of hydrogen-bond acceptors (Lipinski definition) is 4. The average Bonchev–Trinajstić information content (AvgIpc) is 2.76. The summed E-state index contributed by atoms with van der Waals surface area (Å²) in [6.45, 7) is 3.11. The third-order valence-electron chi connectivity index (χ3n) is 4.68. The third-order valence-corrected chi connectivity index (χ3v) is 7.39. The van der Waals surface area contributed by atoms with Crippen molar-refractivity contribution >= 4 is 55.4 Å². The first-order valence-electron chi connectivity index (χ1n) is 9.60. The number of aryl methyl sites for hydroxylation is 1. The lowest BCUT2D eigenvalue weighted by molar-refractivity contribution is -0.119. The van der Waals surface area contributed by atoms with Crippen LogP contribution in [0.4, 0.5) is 5.69 Å². The van der Waals surface area contributed by atoms with Crippen LogP contribution >= 0.6 is 27.5 Å². The van der Waals surface area contributed by atoms with Gasteiger partial charge in [0.25, 0.3) is 15.9 Å². The Labute approximate surface area is 201 Å². The SMILES string of the molecule is Cc1ccc(S(=O)(=O)N(CC(=O)N/N=C\c2ccc(Br)cc2)c2cccc(Cl)c2C)cc1. The van der Waals surface area contributed by atoms with Crippen LogP contribution in [0.3, 0.4) is 0 Å². The van der Waals surface area contributed by atoms with Crippen molar-refractivity contribution in [3.05, 3.63) is 92.9 Å². The number of amides is 1. The highest BCUT2D eigenvalue weighted by Gasteiger charge is 2.28. The van der Waals surface area contributed by atoms with Gasteiger partial charge in [-0.25, -0.2) is 13.8 Å². The van der Waals surface area contributed by atoms with Crippen LogP contribution in [0.1, 0.15) is 16.7 Å². The molecule has 3 aromatic rings. The second kappa shape index (κ2) is 10.3. The highest BCUT2D eigenvalue weighted by molar-refractivity contribution is 9.10. The number of benzene rings is 3. The molecule has 0 fully saturated rings. The molecule has 0 saturated heterocycles. The fourth-order valence-electron chi connectivity index (χ4n) is 2.90. The fraction of sp³-hybridized carbons (Fsp3) is 0.130. The maximum atomic E-state index is 13.4. The second-order valence-electron chi connectivity index (χ2n) is 7.05. The molecule has 0 aliphatic heterocycles. The normalized spacial score (nSPS) is 11.5. The van der Waals surface area contributed by atoms with E-state index in [9.17, 15) is 13.2 Å². The van der Waals surface area contributed by atoms with E-state index in [1.807, 2.05) is 31.2 Å². The Hall–Kier alpha value is -2.68. The van der Waals surface area contributed by atoms with Crippen LogP contribution in [-0.2, 0) is 14.8 Å². The van der Waals surface area contributed by atoms with Crippen LogP contribution in [0.2, 0.25) is 5.02 Å². The van der Waals surface area contributed by atoms with E-state index < -0.39 is 22.5 Å². The molecule has 0 aromatic heterocycles. The highest BCUT2D eigenvalue weighted by atomic mass is 79.9. The van der Waals surface area contributed by atoms with Crippen molar-refractivity contribution in [2.75, 3.05) is 10.8 Å². The molecule has 3 rings (SSSR count). The summed E-state index contributed by atoms with van der Waals surface area (Å²) in [6, 6.07) is 18.7. The van der Waals surface area contributed by atoms with E-state index in [1.54, 1.807) is 37.3 Å². The topological polar surface area (TPSA) is 78.8 Å². The predicted molar refractivity (Wildman–Crippen MR) is 132 cm³/mol. The summed E-state index contributed by atoms with van der Waals surface area (Å²) in [5, 5.41) is 4.34. The van der Waals surface area contributed by atoms with Gasteiger partial charge < -0.3 is 0 Å². The molecule has 166 valence electrons. The van der Waals surface area contributed by atoms with Crippen molar-refractivity contribution in [3.63, 3.8) is 0 Å². The first kappa shape index (κ1) is 24.0. The quantitative estimate of drug-likeness (QED) is 0.340. The Morgan fingerprint density at radius 2 is 1.72 bits per heavy atom. The Bertz CT molecular complexity index is 1240. The summed E-state index contributed by atoms with van der Waals surface area (Å²) in [6.07, 6.45) is 1.48. The van der Waals surface area contributed by atoms with Crippen molar-refractivity contribution in [3.8, 4) is 0 Å². The molecule has 0 atom stereocenters. The number of nitrogens with one attached hydrogen (secondary N) is 1. The molecule has 0 bridgehead atoms. The maximum Gasteiger partial charge on any atom is 0.264 e. The molecule has 6 nitrogen and oxygen atoms in total. The molecule has 0 saturated carbocycles. The van der Waals surface area contributed by atoms with Gasteiger partial charge in [0.15, 0.2) is 0 Å². The molecule has 0 heterocycles. The number of anilines is 1. The predicted octanol–water partition coefficient (Wildman–Crippen LogP) is 5.06. The summed E-state index contributed by atoms with van der Waals surface area (Å²) >= 11 is 9.58. The van der Waals surface area contributed by atoms with Crippen molar-refractivity contribution in [1.29, 1.82) is 0 Å². The van der Waals surface area contributed by atoms with Crippen LogP contribution < -0.4 is 9.73 Å². The van der Waals surface area contributed by atoms with Gasteiger partial charge >= 0.3 is 0 Å². The molecular formula is C23H21BrClN3O3S. The molecule has 1 N–H and O–H groups in total. The van der Waals surface area contributed by atoms with E-state index in [0.29, 0.717) is 16.3 Å². The average molecular weight is 535 g/mol. The van der Waals surface area contributed by atoms with Crippen molar-refractivity contribution in [2.24, 2.45) is 5.10 Å². The van der Waals surface area contributed by atoms with Gasteiger partial charge in [-0.1, -0.05) is 63.4 Å². The minimum atomic E-state index is -4.03. The maximum absolute atomic E-state index is 13.4. The number of hydrogen-bond donors (Lipinski definition) is 1. The molecule has 32 heavy (non-hydrogen) atoms. The summed E-state index contributed by atoms with van der Waals surface area (Å²) in [5.74, 6) is -0.589. The van der Waals surface area contributed by atoms with Gasteiger partial charge in [0.05, 0.1) is 16.8 Å². The number of hydrazone groups is 1. The monoisotopic (exact) mass is 533 g/mol. The highest BCUT2D eigenvalue weighted by Crippen LogP contribution is 2.30. The molecule has 0 radical (unpaired) electrons. The zero-order chi connectivity index (χ0) is 23.3. The second-order valence-corrected chi connectivity index (χ2v) is 10.2. The molecule has 0 aliphatic carbocycles. The molecule has 0 unspecified atom stereocenters. The standard InChI is InChI=1S/C23H21BrClN3O3S/c1-16-6-12-20(13-7-16)32(30,31)28(22-5-3-4-21(25)17(22)2)15-23(29)27-26-14-18-8-10-19(24)11-9-18/h3-14H,15H2,1-2H3,(H,27,29)/b26-14-. The van der Waals surface area contributed by atoms with Crippen LogP contribution in [-0.4, -0.2) is 27.1 Å². The number of carbonyl (C=O) groups excluding carboxylic acids is 1. The minimum Gasteiger partial charge on any atom is -0.271 e. The molecule has 0 aliphatic rings. The summed E-state index contributed by atoms with van der Waals surface area (Å²) in [4.78, 5) is 12.7. The zero-order valence-corrected chi connectivity index (χ0v) is 20.6. The van der Waals surface area contributed by atoms with E-state index in [2.05, 4.69) is 26.5 Å². The first-order chi connectivity index (χ1) is 15.2. The number of sulfonamides is 1. The number of carbonyl (C=O) groups is 1.